The zero-order valence-corrected chi connectivity index (χ0v) is 32.3. The molecule has 0 bridgehead atoms. The monoisotopic (exact) mass is 766 g/mol. The van der Waals surface area contributed by atoms with Crippen LogP contribution in [0.3, 0.4) is 0 Å². The third-order valence-electron chi connectivity index (χ3n) is 12.3. The highest BCUT2D eigenvalue weighted by Crippen LogP contribution is 2.50. The molecule has 0 N–H and O–H groups in total. The van der Waals surface area contributed by atoms with E-state index in [1.807, 2.05) is 0 Å². The normalized spacial score (nSPS) is 12.0. The molecule has 0 unspecified atom stereocenters. The van der Waals surface area contributed by atoms with E-state index in [4.69, 9.17) is 8.83 Å². The topological polar surface area (TPSA) is 34.5 Å². The molecular formula is C56H34N2O2. The molecular weight excluding hydrogens is 733 g/mol. The average molecular weight is 767 g/mol. The molecule has 4 heteroatoms. The Morgan fingerprint density at radius 2 is 0.917 bits per heavy atom. The molecule has 0 spiro atoms. The van der Waals surface area contributed by atoms with Crippen molar-refractivity contribution in [2.45, 2.75) is 0 Å². The number of rotatable bonds is 5. The minimum atomic E-state index is 0.835. The number of hydrogen-bond donors (Lipinski definition) is 0. The van der Waals surface area contributed by atoms with Crippen LogP contribution in [-0.4, -0.2) is 4.57 Å². The molecule has 280 valence electrons. The number of para-hydroxylation sites is 6. The van der Waals surface area contributed by atoms with Gasteiger partial charge in [-0.25, -0.2) is 0 Å². The first-order chi connectivity index (χ1) is 29.8. The van der Waals surface area contributed by atoms with E-state index in [2.05, 4.69) is 216 Å². The molecule has 0 aliphatic rings. The van der Waals surface area contributed by atoms with Crippen LogP contribution in [0.2, 0.25) is 0 Å². The van der Waals surface area contributed by atoms with Crippen LogP contribution in [0.4, 0.5) is 17.1 Å². The van der Waals surface area contributed by atoms with E-state index in [9.17, 15) is 0 Å². The number of fused-ring (bicyclic) bond motifs is 12. The fraction of sp³-hybridized carbons (Fsp3) is 0. The highest BCUT2D eigenvalue weighted by molar-refractivity contribution is 6.21. The zero-order chi connectivity index (χ0) is 39.3. The molecule has 13 rings (SSSR count). The van der Waals surface area contributed by atoms with Crippen LogP contribution in [-0.2, 0) is 0 Å². The minimum Gasteiger partial charge on any atom is -0.455 e. The Bertz CT molecular complexity index is 3810. The molecule has 0 aliphatic heterocycles. The lowest BCUT2D eigenvalue weighted by Gasteiger charge is -2.30. The van der Waals surface area contributed by atoms with Crippen LogP contribution in [0.15, 0.2) is 215 Å². The summed E-state index contributed by atoms with van der Waals surface area (Å²) in [7, 11) is 0. The second-order valence-corrected chi connectivity index (χ2v) is 15.6. The second-order valence-electron chi connectivity index (χ2n) is 15.6. The zero-order valence-electron chi connectivity index (χ0n) is 32.3. The van der Waals surface area contributed by atoms with Gasteiger partial charge in [0.15, 0.2) is 0 Å². The Labute approximate surface area is 344 Å². The largest absolute Gasteiger partial charge is 0.455 e. The van der Waals surface area contributed by atoms with Crippen molar-refractivity contribution >= 4 is 104 Å². The lowest BCUT2D eigenvalue weighted by molar-refractivity contribution is 0.670. The van der Waals surface area contributed by atoms with Gasteiger partial charge in [-0.3, -0.25) is 0 Å². The molecule has 3 heterocycles. The van der Waals surface area contributed by atoms with Gasteiger partial charge in [0.05, 0.1) is 39.2 Å². The van der Waals surface area contributed by atoms with Crippen LogP contribution >= 0.6 is 0 Å². The van der Waals surface area contributed by atoms with Crippen molar-refractivity contribution in [3.8, 4) is 16.8 Å². The Balaban J connectivity index is 1.14. The summed E-state index contributed by atoms with van der Waals surface area (Å²) in [5.41, 5.74) is 12.0. The molecule has 0 saturated heterocycles. The fourth-order valence-electron chi connectivity index (χ4n) is 9.73. The summed E-state index contributed by atoms with van der Waals surface area (Å²) in [5, 5.41) is 11.4. The van der Waals surface area contributed by atoms with Crippen molar-refractivity contribution in [1.82, 2.24) is 4.57 Å². The van der Waals surface area contributed by atoms with Crippen LogP contribution in [0.5, 0.6) is 0 Å². The first-order valence-corrected chi connectivity index (χ1v) is 20.4. The smallest absolute Gasteiger partial charge is 0.143 e. The van der Waals surface area contributed by atoms with Gasteiger partial charge >= 0.3 is 0 Å². The Morgan fingerprint density at radius 1 is 0.333 bits per heavy atom. The van der Waals surface area contributed by atoms with E-state index >= 15 is 0 Å². The molecule has 0 amide bonds. The molecule has 10 aromatic carbocycles. The number of aromatic nitrogens is 1. The van der Waals surface area contributed by atoms with E-state index in [1.54, 1.807) is 0 Å². The third kappa shape index (κ3) is 4.73. The van der Waals surface area contributed by atoms with Gasteiger partial charge in [-0.05, 0) is 76.8 Å². The summed E-state index contributed by atoms with van der Waals surface area (Å²) in [6.45, 7) is 0. The molecule has 3 aromatic heterocycles. The van der Waals surface area contributed by atoms with Crippen LogP contribution in [0.1, 0.15) is 0 Å². The van der Waals surface area contributed by atoms with Crippen molar-refractivity contribution in [2.75, 3.05) is 4.90 Å². The standard InChI is InChI=1S/C56H34N2O2/c1-2-17-37-34-53-45(33-36(37)16-1)43-23-13-22-42(56(43)60-53)41-21-7-10-26-48(41)58(51-29-14-30-52-54(51)44-32-31-35-15-3-4-18-38(35)55(44)59-52)50-28-12-11-27-49(50)57-46-24-8-5-19-39(46)40-20-6-9-25-47(40)57/h1-34H. The van der Waals surface area contributed by atoms with Gasteiger partial charge in [0.1, 0.15) is 22.3 Å². The van der Waals surface area contributed by atoms with Crippen molar-refractivity contribution < 1.29 is 8.83 Å². The Kier molecular flexibility index (Phi) is 6.98. The summed E-state index contributed by atoms with van der Waals surface area (Å²) < 4.78 is 16.1. The van der Waals surface area contributed by atoms with Gasteiger partial charge < -0.3 is 18.3 Å². The van der Waals surface area contributed by atoms with E-state index in [0.717, 1.165) is 105 Å². The molecule has 0 aliphatic carbocycles. The molecule has 60 heavy (non-hydrogen) atoms. The highest BCUT2D eigenvalue weighted by atomic mass is 16.3. The highest BCUT2D eigenvalue weighted by Gasteiger charge is 2.27. The van der Waals surface area contributed by atoms with Crippen LogP contribution in [0.25, 0.3) is 104 Å². The van der Waals surface area contributed by atoms with Crippen LogP contribution in [0, 0.1) is 0 Å². The van der Waals surface area contributed by atoms with Gasteiger partial charge in [0.2, 0.25) is 0 Å². The van der Waals surface area contributed by atoms with Gasteiger partial charge in [-0.15, -0.1) is 0 Å². The Hall–Kier alpha value is -8.08. The summed E-state index contributed by atoms with van der Waals surface area (Å²) >= 11 is 0. The average Bonchev–Trinajstić information content (AvgIpc) is 3.99. The van der Waals surface area contributed by atoms with Gasteiger partial charge in [-0.2, -0.15) is 0 Å². The van der Waals surface area contributed by atoms with Crippen molar-refractivity contribution in [3.63, 3.8) is 0 Å². The fourth-order valence-corrected chi connectivity index (χ4v) is 9.73. The minimum absolute atomic E-state index is 0.835. The van der Waals surface area contributed by atoms with Crippen molar-refractivity contribution in [3.05, 3.63) is 206 Å². The summed E-state index contributed by atoms with van der Waals surface area (Å²) in [4.78, 5) is 2.44. The summed E-state index contributed by atoms with van der Waals surface area (Å²) in [6, 6.07) is 73.7. The predicted molar refractivity (Wildman–Crippen MR) is 250 cm³/mol. The third-order valence-corrected chi connectivity index (χ3v) is 12.3. The van der Waals surface area contributed by atoms with Gasteiger partial charge in [0, 0.05) is 43.4 Å². The molecule has 0 saturated carbocycles. The molecule has 0 atom stereocenters. The molecule has 13 aromatic rings. The predicted octanol–water partition coefficient (Wildman–Crippen LogP) is 16.0. The molecule has 4 nitrogen and oxygen atoms in total. The number of benzene rings is 10. The van der Waals surface area contributed by atoms with E-state index in [-0.39, 0.29) is 0 Å². The lowest BCUT2D eigenvalue weighted by Crippen LogP contribution is -2.14. The van der Waals surface area contributed by atoms with E-state index in [0.29, 0.717) is 0 Å². The first kappa shape index (κ1) is 32.9. The Morgan fingerprint density at radius 3 is 1.73 bits per heavy atom. The number of hydrogen-bond acceptors (Lipinski definition) is 3. The maximum Gasteiger partial charge on any atom is 0.143 e. The molecule has 0 fully saturated rings. The maximum absolute atomic E-state index is 6.89. The van der Waals surface area contributed by atoms with E-state index in [1.165, 1.54) is 16.2 Å². The second kappa shape index (κ2) is 12.7. The number of furan rings is 2. The van der Waals surface area contributed by atoms with Crippen molar-refractivity contribution in [1.29, 1.82) is 0 Å². The summed E-state index contributed by atoms with van der Waals surface area (Å²) in [6.07, 6.45) is 0. The first-order valence-electron chi connectivity index (χ1n) is 20.4. The SMILES string of the molecule is c1ccc(N(c2ccccc2-n2c3ccccc3c3ccccc32)c2cccc3oc4c5ccccc5ccc4c23)c(-c2cccc3c2oc2cc4ccccc4cc23)c1. The number of anilines is 3. The van der Waals surface area contributed by atoms with Gasteiger partial charge in [0.25, 0.3) is 0 Å². The van der Waals surface area contributed by atoms with Gasteiger partial charge in [-0.1, -0.05) is 146 Å². The van der Waals surface area contributed by atoms with Crippen LogP contribution < -0.4 is 4.90 Å². The summed E-state index contributed by atoms with van der Waals surface area (Å²) in [5.74, 6) is 0. The van der Waals surface area contributed by atoms with Crippen molar-refractivity contribution in [2.24, 2.45) is 0 Å². The number of nitrogens with zero attached hydrogens (tertiary/aromatic N) is 2. The molecule has 0 radical (unpaired) electrons. The van der Waals surface area contributed by atoms with E-state index < -0.39 is 0 Å². The lowest BCUT2D eigenvalue weighted by atomic mass is 9.98. The quantitative estimate of drug-likeness (QED) is 0.175. The maximum atomic E-state index is 6.89.